The summed E-state index contributed by atoms with van der Waals surface area (Å²) in [6.45, 7) is 5.53. The van der Waals surface area contributed by atoms with E-state index in [1.54, 1.807) is 0 Å². The van der Waals surface area contributed by atoms with Crippen molar-refractivity contribution < 1.29 is 4.79 Å². The van der Waals surface area contributed by atoms with Gasteiger partial charge in [-0.15, -0.1) is 11.3 Å². The van der Waals surface area contributed by atoms with Gasteiger partial charge < -0.3 is 0 Å². The molecule has 1 atom stereocenters. The van der Waals surface area contributed by atoms with Crippen molar-refractivity contribution in [2.75, 3.05) is 0 Å². The third kappa shape index (κ3) is 3.22. The molecule has 0 aliphatic heterocycles. The third-order valence-electron chi connectivity index (χ3n) is 4.39. The Hall–Kier alpha value is -2.13. The average Bonchev–Trinajstić information content (AvgIpc) is 3.16. The van der Waals surface area contributed by atoms with Gasteiger partial charge in [0.2, 0.25) is 0 Å². The van der Waals surface area contributed by atoms with Crippen LogP contribution in [0, 0.1) is 32.1 Å². The lowest BCUT2D eigenvalue weighted by Crippen LogP contribution is -2.15. The second kappa shape index (κ2) is 6.78. The first-order valence-electron chi connectivity index (χ1n) is 8.23. The van der Waals surface area contributed by atoms with Crippen LogP contribution in [-0.2, 0) is 0 Å². The van der Waals surface area contributed by atoms with Crippen molar-refractivity contribution in [1.82, 2.24) is 15.0 Å². The number of carbonyl (C=O) groups excluding carboxylic acids is 1. The van der Waals surface area contributed by atoms with Crippen LogP contribution in [0.2, 0.25) is 0 Å². The van der Waals surface area contributed by atoms with Crippen molar-refractivity contribution in [2.24, 2.45) is 0 Å². The van der Waals surface area contributed by atoms with Crippen LogP contribution >= 0.6 is 11.3 Å². The first-order valence-corrected chi connectivity index (χ1v) is 9.04. The zero-order valence-electron chi connectivity index (χ0n) is 14.2. The van der Waals surface area contributed by atoms with E-state index >= 15 is 0 Å². The molecule has 2 aromatic rings. The molecular formula is C18H20N4OS. The molecule has 0 N–H and O–H groups in total. The fourth-order valence-corrected chi connectivity index (χ4v) is 4.45. The second-order valence-corrected chi connectivity index (χ2v) is 7.41. The fourth-order valence-electron chi connectivity index (χ4n) is 3.24. The van der Waals surface area contributed by atoms with E-state index < -0.39 is 5.92 Å². The lowest BCUT2D eigenvalue weighted by atomic mass is 10.0. The lowest BCUT2D eigenvalue weighted by Gasteiger charge is -2.08. The molecule has 0 amide bonds. The van der Waals surface area contributed by atoms with Crippen LogP contribution in [0.3, 0.4) is 0 Å². The van der Waals surface area contributed by atoms with Gasteiger partial charge in [-0.1, -0.05) is 12.8 Å². The number of aryl methyl sites for hydroxylation is 3. The Morgan fingerprint density at radius 3 is 2.42 bits per heavy atom. The molecule has 2 heterocycles. The highest BCUT2D eigenvalue weighted by Crippen LogP contribution is 2.38. The molecule has 1 aliphatic carbocycles. The molecule has 0 aromatic carbocycles. The van der Waals surface area contributed by atoms with Gasteiger partial charge in [0, 0.05) is 17.3 Å². The van der Waals surface area contributed by atoms with E-state index in [1.165, 1.54) is 24.2 Å². The maximum atomic E-state index is 12.9. The average molecular weight is 340 g/mol. The number of nitriles is 1. The Kier molecular flexibility index (Phi) is 4.72. The van der Waals surface area contributed by atoms with Gasteiger partial charge in [0.15, 0.2) is 17.5 Å². The van der Waals surface area contributed by atoms with Gasteiger partial charge in [-0.05, 0) is 39.7 Å². The zero-order valence-corrected chi connectivity index (χ0v) is 15.0. The molecule has 6 heteroatoms. The molecule has 124 valence electrons. The molecule has 0 saturated heterocycles. The van der Waals surface area contributed by atoms with Gasteiger partial charge in [0.1, 0.15) is 0 Å². The lowest BCUT2D eigenvalue weighted by molar-refractivity contribution is 0.0979. The number of aromatic nitrogens is 3. The molecule has 1 fully saturated rings. The van der Waals surface area contributed by atoms with Crippen LogP contribution in [0.1, 0.15) is 75.1 Å². The van der Waals surface area contributed by atoms with Crippen molar-refractivity contribution in [3.05, 3.63) is 38.9 Å². The Labute approximate surface area is 145 Å². The van der Waals surface area contributed by atoms with E-state index in [0.29, 0.717) is 10.8 Å². The number of rotatable bonds is 4. The molecule has 2 aromatic heterocycles. The molecule has 24 heavy (non-hydrogen) atoms. The van der Waals surface area contributed by atoms with Gasteiger partial charge in [0.25, 0.3) is 0 Å². The highest BCUT2D eigenvalue weighted by Gasteiger charge is 2.30. The van der Waals surface area contributed by atoms with Gasteiger partial charge in [0.05, 0.1) is 21.6 Å². The Bertz CT molecular complexity index is 795. The minimum Gasteiger partial charge on any atom is -0.291 e. The first-order chi connectivity index (χ1) is 11.5. The predicted octanol–water partition coefficient (Wildman–Crippen LogP) is 4.01. The van der Waals surface area contributed by atoms with E-state index in [2.05, 4.69) is 21.0 Å². The number of nitrogens with zero attached hydrogens (tertiary/aromatic N) is 4. The summed E-state index contributed by atoms with van der Waals surface area (Å²) >= 11 is 1.44. The van der Waals surface area contributed by atoms with Crippen molar-refractivity contribution in [3.63, 3.8) is 0 Å². The summed E-state index contributed by atoms with van der Waals surface area (Å²) in [6, 6.07) is 3.91. The Balaban J connectivity index is 1.93. The van der Waals surface area contributed by atoms with Gasteiger partial charge >= 0.3 is 0 Å². The van der Waals surface area contributed by atoms with Crippen LogP contribution in [0.4, 0.5) is 0 Å². The summed E-state index contributed by atoms with van der Waals surface area (Å²) in [6.07, 6.45) is 4.73. The first kappa shape index (κ1) is 16.7. The SMILES string of the molecule is Cc1cc(C)nc([C@H](C#N)C(=O)c2sc(C3CCCC3)nc2C)n1. The smallest absolute Gasteiger partial charge is 0.199 e. The highest BCUT2D eigenvalue weighted by atomic mass is 32.1. The van der Waals surface area contributed by atoms with Crippen LogP contribution in [0.5, 0.6) is 0 Å². The van der Waals surface area contributed by atoms with Crippen LogP contribution in [0.25, 0.3) is 0 Å². The van der Waals surface area contributed by atoms with Gasteiger partial charge in [-0.2, -0.15) is 5.26 Å². The minimum absolute atomic E-state index is 0.234. The minimum atomic E-state index is -0.973. The molecule has 0 spiro atoms. The van der Waals surface area contributed by atoms with Crippen LogP contribution in [0.15, 0.2) is 6.07 Å². The van der Waals surface area contributed by atoms with E-state index in [4.69, 9.17) is 0 Å². The predicted molar refractivity (Wildman–Crippen MR) is 92.3 cm³/mol. The van der Waals surface area contributed by atoms with Crippen LogP contribution < -0.4 is 0 Å². The third-order valence-corrected chi connectivity index (χ3v) is 5.72. The molecular weight excluding hydrogens is 320 g/mol. The Morgan fingerprint density at radius 2 is 1.83 bits per heavy atom. The molecule has 1 saturated carbocycles. The maximum Gasteiger partial charge on any atom is 0.199 e. The quantitative estimate of drug-likeness (QED) is 0.786. The molecule has 0 radical (unpaired) electrons. The molecule has 5 nitrogen and oxygen atoms in total. The van der Waals surface area contributed by atoms with Crippen molar-refractivity contribution in [3.8, 4) is 6.07 Å². The molecule has 0 unspecified atom stereocenters. The maximum absolute atomic E-state index is 12.9. The number of hydrogen-bond donors (Lipinski definition) is 0. The number of Topliss-reactive ketones (excluding diaryl/α,β-unsaturated/α-hetero) is 1. The monoisotopic (exact) mass is 340 g/mol. The summed E-state index contributed by atoms with van der Waals surface area (Å²) in [5, 5.41) is 10.6. The normalized spacial score (nSPS) is 16.1. The standard InChI is InChI=1S/C18H20N4OS/c1-10-8-11(2)21-17(20-10)14(9-19)15(23)16-12(3)22-18(24-16)13-6-4-5-7-13/h8,13-14H,4-7H2,1-3H3/t14-/m1/s1. The van der Waals surface area contributed by atoms with E-state index in [9.17, 15) is 10.1 Å². The summed E-state index contributed by atoms with van der Waals surface area (Å²) in [5.74, 6) is -0.454. The summed E-state index contributed by atoms with van der Waals surface area (Å²) in [5.41, 5.74) is 2.24. The van der Waals surface area contributed by atoms with Crippen LogP contribution in [-0.4, -0.2) is 20.7 Å². The van der Waals surface area contributed by atoms with E-state index in [1.807, 2.05) is 26.8 Å². The molecule has 0 bridgehead atoms. The Morgan fingerprint density at radius 1 is 1.21 bits per heavy atom. The van der Waals surface area contributed by atoms with Gasteiger partial charge in [-0.3, -0.25) is 4.79 Å². The summed E-state index contributed by atoms with van der Waals surface area (Å²) in [7, 11) is 0. The van der Waals surface area contributed by atoms with Crippen molar-refractivity contribution in [2.45, 2.75) is 58.3 Å². The van der Waals surface area contributed by atoms with E-state index in [0.717, 1.165) is 34.9 Å². The molecule has 1 aliphatic rings. The zero-order chi connectivity index (χ0) is 17.3. The fraction of sp³-hybridized carbons (Fsp3) is 0.500. The second-order valence-electron chi connectivity index (χ2n) is 6.38. The number of thiazole rings is 1. The summed E-state index contributed by atoms with van der Waals surface area (Å²) < 4.78 is 0. The van der Waals surface area contributed by atoms with Crippen molar-refractivity contribution >= 4 is 17.1 Å². The van der Waals surface area contributed by atoms with Crippen molar-refractivity contribution in [1.29, 1.82) is 5.26 Å². The highest BCUT2D eigenvalue weighted by molar-refractivity contribution is 7.14. The number of hydrogen-bond acceptors (Lipinski definition) is 6. The summed E-state index contributed by atoms with van der Waals surface area (Å²) in [4.78, 5) is 26.7. The van der Waals surface area contributed by atoms with E-state index in [-0.39, 0.29) is 11.6 Å². The van der Waals surface area contributed by atoms with Gasteiger partial charge in [-0.25, -0.2) is 15.0 Å². The number of ketones is 1. The number of carbonyl (C=O) groups is 1. The topological polar surface area (TPSA) is 79.5 Å². The molecule has 3 rings (SSSR count). The largest absolute Gasteiger partial charge is 0.291 e.